The highest BCUT2D eigenvalue weighted by atomic mass is 35.5. The molecule has 0 bridgehead atoms. The number of carboxylic acid groups (broad SMARTS) is 1. The topological polar surface area (TPSA) is 40.5 Å². The second-order valence-electron chi connectivity index (χ2n) is 5.74. The Bertz CT molecular complexity index is 468. The van der Waals surface area contributed by atoms with E-state index in [1.165, 1.54) is 5.56 Å². The van der Waals surface area contributed by atoms with E-state index in [1.807, 2.05) is 13.0 Å². The summed E-state index contributed by atoms with van der Waals surface area (Å²) in [6.07, 6.45) is 3.33. The molecule has 0 amide bonds. The largest absolute Gasteiger partial charge is 0.481 e. The minimum atomic E-state index is -0.679. The summed E-state index contributed by atoms with van der Waals surface area (Å²) in [7, 11) is 0. The van der Waals surface area contributed by atoms with Crippen molar-refractivity contribution in [2.24, 2.45) is 5.92 Å². The van der Waals surface area contributed by atoms with Crippen LogP contribution in [0, 0.1) is 12.8 Å². The first-order valence-corrected chi connectivity index (χ1v) is 7.61. The number of rotatable bonds is 5. The summed E-state index contributed by atoms with van der Waals surface area (Å²) in [6.45, 7) is 5.05. The van der Waals surface area contributed by atoms with E-state index < -0.39 is 5.97 Å². The molecule has 4 heteroatoms. The molecule has 1 N–H and O–H groups in total. The summed E-state index contributed by atoms with van der Waals surface area (Å²) in [5.41, 5.74) is 2.37. The fourth-order valence-corrected chi connectivity index (χ4v) is 2.96. The number of halogens is 1. The van der Waals surface area contributed by atoms with Crippen LogP contribution in [0.1, 0.15) is 36.8 Å². The van der Waals surface area contributed by atoms with E-state index in [0.29, 0.717) is 12.3 Å². The van der Waals surface area contributed by atoms with E-state index in [2.05, 4.69) is 17.0 Å². The molecule has 2 rings (SSSR count). The molecule has 1 saturated heterocycles. The van der Waals surface area contributed by atoms with Crippen molar-refractivity contribution >= 4 is 17.6 Å². The zero-order valence-corrected chi connectivity index (χ0v) is 12.7. The van der Waals surface area contributed by atoms with Crippen LogP contribution in [-0.2, 0) is 11.3 Å². The van der Waals surface area contributed by atoms with Gasteiger partial charge in [0.25, 0.3) is 0 Å². The van der Waals surface area contributed by atoms with Crippen LogP contribution in [0.5, 0.6) is 0 Å². The second-order valence-corrected chi connectivity index (χ2v) is 6.14. The minimum absolute atomic E-state index is 0.304. The molecule has 0 atom stereocenters. The quantitative estimate of drug-likeness (QED) is 0.900. The number of hydrogen-bond donors (Lipinski definition) is 1. The van der Waals surface area contributed by atoms with E-state index in [1.54, 1.807) is 0 Å². The van der Waals surface area contributed by atoms with Gasteiger partial charge in [-0.2, -0.15) is 0 Å². The monoisotopic (exact) mass is 295 g/mol. The predicted molar refractivity (Wildman–Crippen MR) is 81.1 cm³/mol. The van der Waals surface area contributed by atoms with Gasteiger partial charge in [-0.25, -0.2) is 0 Å². The van der Waals surface area contributed by atoms with Gasteiger partial charge in [-0.3, -0.25) is 9.69 Å². The summed E-state index contributed by atoms with van der Waals surface area (Å²) < 4.78 is 0. The molecule has 1 aromatic carbocycles. The number of nitrogens with zero attached hydrogens (tertiary/aromatic N) is 1. The van der Waals surface area contributed by atoms with Crippen LogP contribution in [0.25, 0.3) is 0 Å². The molecule has 1 aliphatic heterocycles. The molecule has 0 aromatic heterocycles. The fraction of sp³-hybridized carbons (Fsp3) is 0.562. The Morgan fingerprint density at radius 2 is 2.10 bits per heavy atom. The Morgan fingerprint density at radius 1 is 1.40 bits per heavy atom. The Kier molecular flexibility index (Phi) is 5.44. The van der Waals surface area contributed by atoms with E-state index >= 15 is 0 Å². The number of hydrogen-bond acceptors (Lipinski definition) is 2. The Labute approximate surface area is 125 Å². The third-order valence-corrected chi connectivity index (χ3v) is 4.52. The van der Waals surface area contributed by atoms with E-state index in [4.69, 9.17) is 16.7 Å². The van der Waals surface area contributed by atoms with Crippen molar-refractivity contribution in [3.8, 4) is 0 Å². The highest BCUT2D eigenvalue weighted by Gasteiger charge is 2.19. The zero-order chi connectivity index (χ0) is 14.5. The van der Waals surface area contributed by atoms with Crippen molar-refractivity contribution in [1.82, 2.24) is 4.90 Å². The predicted octanol–water partition coefficient (Wildman–Crippen LogP) is 3.73. The van der Waals surface area contributed by atoms with Crippen molar-refractivity contribution in [1.29, 1.82) is 0 Å². The number of carboxylic acids is 1. The number of aryl methyl sites for hydroxylation is 1. The highest BCUT2D eigenvalue weighted by molar-refractivity contribution is 6.31. The summed E-state index contributed by atoms with van der Waals surface area (Å²) in [5, 5.41) is 9.55. The lowest BCUT2D eigenvalue weighted by Gasteiger charge is -2.31. The Morgan fingerprint density at radius 3 is 2.70 bits per heavy atom. The fourth-order valence-electron chi connectivity index (χ4n) is 2.75. The third-order valence-electron chi connectivity index (χ3n) is 4.12. The molecule has 0 unspecified atom stereocenters. The first kappa shape index (κ1) is 15.3. The van der Waals surface area contributed by atoms with Crippen LogP contribution in [0.3, 0.4) is 0 Å². The van der Waals surface area contributed by atoms with Gasteiger partial charge in [-0.05, 0) is 62.4 Å². The molecular weight excluding hydrogens is 274 g/mol. The van der Waals surface area contributed by atoms with Gasteiger partial charge in [0.15, 0.2) is 0 Å². The van der Waals surface area contributed by atoms with Crippen molar-refractivity contribution in [3.63, 3.8) is 0 Å². The van der Waals surface area contributed by atoms with Crippen molar-refractivity contribution in [2.45, 2.75) is 39.2 Å². The normalized spacial score (nSPS) is 17.3. The van der Waals surface area contributed by atoms with Gasteiger partial charge in [0.1, 0.15) is 0 Å². The first-order chi connectivity index (χ1) is 9.54. The third kappa shape index (κ3) is 4.50. The summed E-state index contributed by atoms with van der Waals surface area (Å²) in [6, 6.07) is 6.25. The molecule has 0 radical (unpaired) electrons. The summed E-state index contributed by atoms with van der Waals surface area (Å²) in [5.74, 6) is -0.106. The molecule has 0 spiro atoms. The first-order valence-electron chi connectivity index (χ1n) is 7.24. The number of piperidine rings is 1. The van der Waals surface area contributed by atoms with E-state index in [9.17, 15) is 4.79 Å². The molecule has 0 saturated carbocycles. The highest BCUT2D eigenvalue weighted by Crippen LogP contribution is 2.24. The lowest BCUT2D eigenvalue weighted by molar-refractivity contribution is -0.137. The van der Waals surface area contributed by atoms with Crippen LogP contribution in [0.15, 0.2) is 18.2 Å². The van der Waals surface area contributed by atoms with Crippen LogP contribution in [-0.4, -0.2) is 29.1 Å². The molecular formula is C16H22ClNO2. The molecule has 110 valence electrons. The van der Waals surface area contributed by atoms with Gasteiger partial charge in [0.05, 0.1) is 0 Å². The molecule has 0 aliphatic carbocycles. The Balaban J connectivity index is 1.79. The van der Waals surface area contributed by atoms with Gasteiger partial charge < -0.3 is 5.11 Å². The van der Waals surface area contributed by atoms with E-state index in [0.717, 1.165) is 49.5 Å². The smallest absolute Gasteiger partial charge is 0.303 e. The lowest BCUT2D eigenvalue weighted by Crippen LogP contribution is -2.33. The molecule has 3 nitrogen and oxygen atoms in total. The lowest BCUT2D eigenvalue weighted by atomic mass is 9.92. The average molecular weight is 296 g/mol. The molecule has 1 aliphatic rings. The maximum absolute atomic E-state index is 10.6. The van der Waals surface area contributed by atoms with Gasteiger partial charge in [-0.1, -0.05) is 23.7 Å². The SMILES string of the molecule is Cc1ccc(CN2CCC(CCC(=O)O)CC2)cc1Cl. The maximum Gasteiger partial charge on any atom is 0.303 e. The van der Waals surface area contributed by atoms with Crippen molar-refractivity contribution in [3.05, 3.63) is 34.3 Å². The molecule has 1 aromatic rings. The second kappa shape index (κ2) is 7.09. The van der Waals surface area contributed by atoms with Crippen molar-refractivity contribution in [2.75, 3.05) is 13.1 Å². The van der Waals surface area contributed by atoms with Crippen LogP contribution in [0.4, 0.5) is 0 Å². The van der Waals surface area contributed by atoms with Gasteiger partial charge in [0, 0.05) is 18.0 Å². The van der Waals surface area contributed by atoms with Gasteiger partial charge >= 0.3 is 5.97 Å². The number of carbonyl (C=O) groups is 1. The van der Waals surface area contributed by atoms with E-state index in [-0.39, 0.29) is 0 Å². The maximum atomic E-state index is 10.6. The average Bonchev–Trinajstić information content (AvgIpc) is 2.42. The van der Waals surface area contributed by atoms with Crippen LogP contribution < -0.4 is 0 Å². The zero-order valence-electron chi connectivity index (χ0n) is 11.9. The Hall–Kier alpha value is -1.06. The summed E-state index contributed by atoms with van der Waals surface area (Å²) in [4.78, 5) is 13.0. The van der Waals surface area contributed by atoms with Gasteiger partial charge in [0.2, 0.25) is 0 Å². The molecule has 1 heterocycles. The number of likely N-dealkylation sites (tertiary alicyclic amines) is 1. The standard InChI is InChI=1S/C16H22ClNO2/c1-12-2-3-14(10-15(12)17)11-18-8-6-13(7-9-18)4-5-16(19)20/h2-3,10,13H,4-9,11H2,1H3,(H,19,20). The molecule has 1 fully saturated rings. The number of benzene rings is 1. The summed E-state index contributed by atoms with van der Waals surface area (Å²) >= 11 is 6.15. The van der Waals surface area contributed by atoms with Crippen molar-refractivity contribution < 1.29 is 9.90 Å². The molecule has 20 heavy (non-hydrogen) atoms. The number of aliphatic carboxylic acids is 1. The van der Waals surface area contributed by atoms with Crippen LogP contribution in [0.2, 0.25) is 5.02 Å². The minimum Gasteiger partial charge on any atom is -0.481 e. The van der Waals surface area contributed by atoms with Gasteiger partial charge in [-0.15, -0.1) is 0 Å². The van der Waals surface area contributed by atoms with Crippen LogP contribution >= 0.6 is 11.6 Å².